The Kier molecular flexibility index (Phi) is 8.09. The van der Waals surface area contributed by atoms with E-state index in [9.17, 15) is 0 Å². The van der Waals surface area contributed by atoms with E-state index in [1.54, 1.807) is 0 Å². The van der Waals surface area contributed by atoms with E-state index >= 15 is 0 Å². The first-order valence-corrected chi connectivity index (χ1v) is 9.70. The summed E-state index contributed by atoms with van der Waals surface area (Å²) in [5.41, 5.74) is 10.2. The standard InChI is InChI=1S/C25H29N.ClH/c1-2-3-13-24(20-26)25(21-14-7-4-8-15-21,22-16-9-5-10-17-22)23-18-11-6-12-19-23;/h4-12,14-19,24H,2-3,13,20,26H2,1H3;1H. The Labute approximate surface area is 170 Å². The lowest BCUT2D eigenvalue weighted by Gasteiger charge is -2.42. The van der Waals surface area contributed by atoms with E-state index in [2.05, 4.69) is 97.9 Å². The molecule has 0 bridgehead atoms. The molecule has 0 aliphatic carbocycles. The van der Waals surface area contributed by atoms with Crippen molar-refractivity contribution in [3.63, 3.8) is 0 Å². The minimum absolute atomic E-state index is 0. The highest BCUT2D eigenvalue weighted by Crippen LogP contribution is 2.46. The summed E-state index contributed by atoms with van der Waals surface area (Å²) < 4.78 is 0. The fraction of sp³-hybridized carbons (Fsp3) is 0.280. The van der Waals surface area contributed by atoms with Gasteiger partial charge in [0.1, 0.15) is 0 Å². The van der Waals surface area contributed by atoms with E-state index in [0.717, 1.165) is 6.42 Å². The lowest BCUT2D eigenvalue weighted by Crippen LogP contribution is -2.41. The van der Waals surface area contributed by atoms with Crippen LogP contribution in [0.4, 0.5) is 0 Å². The van der Waals surface area contributed by atoms with Gasteiger partial charge in [-0.05, 0) is 35.6 Å². The predicted molar refractivity (Wildman–Crippen MR) is 119 cm³/mol. The molecule has 3 aromatic carbocycles. The third-order valence-corrected chi connectivity index (χ3v) is 5.49. The van der Waals surface area contributed by atoms with Crippen LogP contribution in [0.2, 0.25) is 0 Å². The zero-order chi connectivity index (χ0) is 18.2. The molecule has 0 saturated carbocycles. The van der Waals surface area contributed by atoms with Crippen LogP contribution in [-0.2, 0) is 5.41 Å². The van der Waals surface area contributed by atoms with E-state index in [1.807, 2.05) is 0 Å². The van der Waals surface area contributed by atoms with Gasteiger partial charge < -0.3 is 5.73 Å². The smallest absolute Gasteiger partial charge is 0.0491 e. The lowest BCUT2D eigenvalue weighted by atomic mass is 9.60. The molecule has 27 heavy (non-hydrogen) atoms. The molecule has 0 aliphatic rings. The van der Waals surface area contributed by atoms with Gasteiger partial charge in [-0.3, -0.25) is 0 Å². The van der Waals surface area contributed by atoms with E-state index in [4.69, 9.17) is 5.73 Å². The molecule has 3 rings (SSSR count). The van der Waals surface area contributed by atoms with Crippen LogP contribution in [0.5, 0.6) is 0 Å². The molecule has 142 valence electrons. The number of hydrogen-bond acceptors (Lipinski definition) is 1. The molecule has 0 saturated heterocycles. The zero-order valence-electron chi connectivity index (χ0n) is 16.1. The summed E-state index contributed by atoms with van der Waals surface area (Å²) in [4.78, 5) is 0. The van der Waals surface area contributed by atoms with Crippen LogP contribution in [0.25, 0.3) is 0 Å². The number of hydrogen-bond donors (Lipinski definition) is 1. The topological polar surface area (TPSA) is 26.0 Å². The summed E-state index contributed by atoms with van der Waals surface area (Å²) in [6.07, 6.45) is 3.49. The second kappa shape index (κ2) is 10.3. The molecule has 2 N–H and O–H groups in total. The number of halogens is 1. The number of rotatable bonds is 8. The molecule has 0 aromatic heterocycles. The van der Waals surface area contributed by atoms with Crippen molar-refractivity contribution in [2.45, 2.75) is 31.6 Å². The third kappa shape index (κ3) is 4.26. The minimum Gasteiger partial charge on any atom is -0.330 e. The molecule has 1 atom stereocenters. The highest BCUT2D eigenvalue weighted by molar-refractivity contribution is 5.85. The maximum atomic E-state index is 6.41. The number of nitrogens with two attached hydrogens (primary N) is 1. The monoisotopic (exact) mass is 379 g/mol. The quantitative estimate of drug-likeness (QED) is 0.462. The Bertz CT molecular complexity index is 675. The summed E-state index contributed by atoms with van der Waals surface area (Å²) >= 11 is 0. The van der Waals surface area contributed by atoms with Gasteiger partial charge in [0.05, 0.1) is 0 Å². The van der Waals surface area contributed by atoms with Crippen LogP contribution in [0.1, 0.15) is 42.9 Å². The Morgan fingerprint density at radius 3 is 1.37 bits per heavy atom. The molecule has 0 aliphatic heterocycles. The second-order valence-corrected chi connectivity index (χ2v) is 6.98. The van der Waals surface area contributed by atoms with E-state index in [1.165, 1.54) is 29.5 Å². The Balaban J connectivity index is 0.00000261. The van der Waals surface area contributed by atoms with Crippen LogP contribution in [0.3, 0.4) is 0 Å². The van der Waals surface area contributed by atoms with Gasteiger partial charge in [0.25, 0.3) is 0 Å². The molecule has 0 amide bonds. The van der Waals surface area contributed by atoms with Crippen molar-refractivity contribution in [3.8, 4) is 0 Å². The molecule has 1 nitrogen and oxygen atoms in total. The average Bonchev–Trinajstić information content (AvgIpc) is 2.73. The summed E-state index contributed by atoms with van der Waals surface area (Å²) in [5, 5.41) is 0. The molecular weight excluding hydrogens is 350 g/mol. The van der Waals surface area contributed by atoms with E-state index in [-0.39, 0.29) is 17.8 Å². The van der Waals surface area contributed by atoms with Gasteiger partial charge in [0, 0.05) is 5.41 Å². The maximum Gasteiger partial charge on any atom is 0.0491 e. The molecule has 0 radical (unpaired) electrons. The normalized spacial score (nSPS) is 12.2. The highest BCUT2D eigenvalue weighted by atomic mass is 35.5. The van der Waals surface area contributed by atoms with Crippen molar-refractivity contribution in [2.24, 2.45) is 11.7 Å². The van der Waals surface area contributed by atoms with Gasteiger partial charge in [-0.25, -0.2) is 0 Å². The molecule has 3 aromatic rings. The van der Waals surface area contributed by atoms with E-state index in [0.29, 0.717) is 12.5 Å². The van der Waals surface area contributed by atoms with Gasteiger partial charge >= 0.3 is 0 Å². The largest absolute Gasteiger partial charge is 0.330 e. The number of benzene rings is 3. The number of unbranched alkanes of at least 4 members (excludes halogenated alkanes) is 1. The van der Waals surface area contributed by atoms with Crippen LogP contribution in [0.15, 0.2) is 91.0 Å². The van der Waals surface area contributed by atoms with Gasteiger partial charge in [-0.15, -0.1) is 12.4 Å². The molecular formula is C25H30ClN. The van der Waals surface area contributed by atoms with Crippen molar-refractivity contribution in [1.82, 2.24) is 0 Å². The van der Waals surface area contributed by atoms with Crippen LogP contribution >= 0.6 is 12.4 Å². The predicted octanol–water partition coefficient (Wildman–Crippen LogP) is 6.21. The molecule has 0 fully saturated rings. The lowest BCUT2D eigenvalue weighted by molar-refractivity contribution is 0.346. The Morgan fingerprint density at radius 2 is 1.07 bits per heavy atom. The Morgan fingerprint density at radius 1 is 0.704 bits per heavy atom. The fourth-order valence-electron chi connectivity index (χ4n) is 4.27. The third-order valence-electron chi connectivity index (χ3n) is 5.49. The van der Waals surface area contributed by atoms with Gasteiger partial charge in [-0.2, -0.15) is 0 Å². The second-order valence-electron chi connectivity index (χ2n) is 6.98. The first-order chi connectivity index (χ1) is 12.8. The zero-order valence-corrected chi connectivity index (χ0v) is 16.9. The van der Waals surface area contributed by atoms with Crippen LogP contribution < -0.4 is 5.73 Å². The first-order valence-electron chi connectivity index (χ1n) is 9.70. The van der Waals surface area contributed by atoms with Crippen LogP contribution in [0, 0.1) is 5.92 Å². The molecule has 0 heterocycles. The SMILES string of the molecule is CCCCC(CN)C(c1ccccc1)(c1ccccc1)c1ccccc1.Cl. The van der Waals surface area contributed by atoms with Crippen molar-refractivity contribution in [2.75, 3.05) is 6.54 Å². The van der Waals surface area contributed by atoms with Gasteiger partial charge in [-0.1, -0.05) is 111 Å². The van der Waals surface area contributed by atoms with E-state index < -0.39 is 0 Å². The molecule has 1 unspecified atom stereocenters. The van der Waals surface area contributed by atoms with Gasteiger partial charge in [0.2, 0.25) is 0 Å². The molecule has 2 heteroatoms. The first kappa shape index (κ1) is 21.2. The molecule has 0 spiro atoms. The Hall–Kier alpha value is -2.09. The van der Waals surface area contributed by atoms with Crippen molar-refractivity contribution < 1.29 is 0 Å². The fourth-order valence-corrected chi connectivity index (χ4v) is 4.27. The van der Waals surface area contributed by atoms with Crippen molar-refractivity contribution in [1.29, 1.82) is 0 Å². The summed E-state index contributed by atoms with van der Waals surface area (Å²) in [6.45, 7) is 2.92. The highest BCUT2D eigenvalue weighted by Gasteiger charge is 2.42. The minimum atomic E-state index is -0.228. The van der Waals surface area contributed by atoms with Crippen molar-refractivity contribution in [3.05, 3.63) is 108 Å². The van der Waals surface area contributed by atoms with Crippen LogP contribution in [-0.4, -0.2) is 6.54 Å². The maximum absolute atomic E-state index is 6.41. The van der Waals surface area contributed by atoms with Gasteiger partial charge in [0.15, 0.2) is 0 Å². The summed E-state index contributed by atoms with van der Waals surface area (Å²) in [6, 6.07) is 32.7. The van der Waals surface area contributed by atoms with Crippen molar-refractivity contribution >= 4 is 12.4 Å². The summed E-state index contributed by atoms with van der Waals surface area (Å²) in [5.74, 6) is 0.342. The average molecular weight is 380 g/mol. The summed E-state index contributed by atoms with van der Waals surface area (Å²) in [7, 11) is 0.